The van der Waals surface area contributed by atoms with Crippen molar-refractivity contribution in [3.05, 3.63) is 48.6 Å². The molecule has 2 unspecified atom stereocenters. The van der Waals surface area contributed by atoms with Gasteiger partial charge in [-0.2, -0.15) is 0 Å². The summed E-state index contributed by atoms with van der Waals surface area (Å²) in [5.41, 5.74) is 0. The molecule has 0 fully saturated rings. The summed E-state index contributed by atoms with van der Waals surface area (Å²) in [6.07, 6.45) is 21.0. The lowest BCUT2D eigenvalue weighted by atomic mass is 10.1. The van der Waals surface area contributed by atoms with Gasteiger partial charge in [-0.05, 0) is 32.1 Å². The first-order valence-electron chi connectivity index (χ1n) is 13.2. The minimum Gasteiger partial charge on any atom is -0.477 e. The van der Waals surface area contributed by atoms with Crippen LogP contribution in [0.1, 0.15) is 65.2 Å². The fourth-order valence-corrected chi connectivity index (χ4v) is 3.20. The lowest BCUT2D eigenvalue weighted by molar-refractivity contribution is -0.887. The molecule has 1 N–H and O–H groups in total. The maximum atomic E-state index is 12.3. The summed E-state index contributed by atoms with van der Waals surface area (Å²) in [6, 6.07) is -0.620. The van der Waals surface area contributed by atoms with E-state index < -0.39 is 30.1 Å². The molecule has 0 aliphatic rings. The Hall–Kier alpha value is -2.71. The highest BCUT2D eigenvalue weighted by atomic mass is 16.6. The largest absolute Gasteiger partial charge is 0.477 e. The first-order valence-corrected chi connectivity index (χ1v) is 13.2. The zero-order valence-electron chi connectivity index (χ0n) is 23.4. The van der Waals surface area contributed by atoms with Gasteiger partial charge >= 0.3 is 17.9 Å². The number of hydrogen-bond acceptors (Lipinski definition) is 6. The van der Waals surface area contributed by atoms with E-state index in [0.29, 0.717) is 12.8 Å². The van der Waals surface area contributed by atoms with Gasteiger partial charge in [-0.15, -0.1) is 0 Å². The van der Waals surface area contributed by atoms with Crippen molar-refractivity contribution < 1.29 is 38.2 Å². The highest BCUT2D eigenvalue weighted by Gasteiger charge is 2.31. The van der Waals surface area contributed by atoms with Crippen LogP contribution in [0.25, 0.3) is 0 Å². The second-order valence-electron chi connectivity index (χ2n) is 9.52. The predicted octanol–water partition coefficient (Wildman–Crippen LogP) is 5.00. The standard InChI is InChI=1S/C29H47NO7/c1-6-8-9-10-11-12-13-14-15-16-17-18-19-20-28(32)37-25(24-36-27(31)7-2)23-35-22-21-26(29(33)34)30(3,4)5/h8-9,11-12,14-15,17-18,25-26H,6-7,10,13,16,19-24H2,1-5H3/p+1/b9-8-,12-11-,15-14-,18-17-. The van der Waals surface area contributed by atoms with Crippen LogP contribution < -0.4 is 0 Å². The summed E-state index contributed by atoms with van der Waals surface area (Å²) < 4.78 is 16.4. The smallest absolute Gasteiger partial charge is 0.362 e. The zero-order valence-corrected chi connectivity index (χ0v) is 23.4. The molecule has 210 valence electrons. The number of likely N-dealkylation sites (N-methyl/N-ethyl adjacent to an activating group) is 1. The van der Waals surface area contributed by atoms with Crippen molar-refractivity contribution in [1.82, 2.24) is 0 Å². The van der Waals surface area contributed by atoms with E-state index in [-0.39, 0.29) is 37.1 Å². The van der Waals surface area contributed by atoms with Crippen LogP contribution in [0.5, 0.6) is 0 Å². The number of carbonyl (C=O) groups excluding carboxylic acids is 2. The lowest BCUT2D eigenvalue weighted by Gasteiger charge is -2.31. The summed E-state index contributed by atoms with van der Waals surface area (Å²) in [6.45, 7) is 3.91. The van der Waals surface area contributed by atoms with E-state index in [0.717, 1.165) is 25.7 Å². The van der Waals surface area contributed by atoms with Crippen molar-refractivity contribution in [1.29, 1.82) is 0 Å². The van der Waals surface area contributed by atoms with Gasteiger partial charge in [0, 0.05) is 19.3 Å². The highest BCUT2D eigenvalue weighted by molar-refractivity contribution is 5.72. The number of allylic oxidation sites excluding steroid dienone is 8. The number of rotatable bonds is 21. The van der Waals surface area contributed by atoms with Crippen LogP contribution in [0.15, 0.2) is 48.6 Å². The van der Waals surface area contributed by atoms with Crippen molar-refractivity contribution in [2.45, 2.75) is 77.4 Å². The summed E-state index contributed by atoms with van der Waals surface area (Å²) in [4.78, 5) is 35.3. The van der Waals surface area contributed by atoms with E-state index in [1.165, 1.54) is 0 Å². The third kappa shape index (κ3) is 20.1. The van der Waals surface area contributed by atoms with E-state index in [1.807, 2.05) is 33.3 Å². The highest BCUT2D eigenvalue weighted by Crippen LogP contribution is 2.09. The van der Waals surface area contributed by atoms with Crippen LogP contribution in [-0.2, 0) is 28.6 Å². The molecule has 0 saturated heterocycles. The molecule has 0 amide bonds. The molecule has 0 aliphatic heterocycles. The normalized spacial score (nSPS) is 14.1. The molecule has 0 heterocycles. The van der Waals surface area contributed by atoms with Gasteiger partial charge < -0.3 is 23.8 Å². The van der Waals surface area contributed by atoms with Gasteiger partial charge in [0.1, 0.15) is 6.61 Å². The Balaban J connectivity index is 4.41. The minimum atomic E-state index is -0.896. The van der Waals surface area contributed by atoms with Crippen LogP contribution >= 0.6 is 0 Å². The Kier molecular flexibility index (Phi) is 19.8. The van der Waals surface area contributed by atoms with E-state index in [2.05, 4.69) is 43.4 Å². The molecule has 0 saturated carbocycles. The van der Waals surface area contributed by atoms with Crippen LogP contribution in [-0.4, -0.2) is 80.6 Å². The molecule has 2 atom stereocenters. The van der Waals surface area contributed by atoms with Gasteiger partial charge in [0.2, 0.25) is 0 Å². The van der Waals surface area contributed by atoms with Crippen molar-refractivity contribution >= 4 is 17.9 Å². The summed E-state index contributed by atoms with van der Waals surface area (Å²) in [5, 5.41) is 9.41. The van der Waals surface area contributed by atoms with Crippen molar-refractivity contribution in [3.8, 4) is 0 Å². The maximum absolute atomic E-state index is 12.3. The van der Waals surface area contributed by atoms with Gasteiger partial charge in [0.25, 0.3) is 0 Å². The fraction of sp³-hybridized carbons (Fsp3) is 0.621. The molecule has 8 heteroatoms. The first kappa shape index (κ1) is 34.3. The Bertz CT molecular complexity index is 763. The number of hydrogen-bond donors (Lipinski definition) is 1. The molecule has 0 aromatic rings. The molecule has 0 rings (SSSR count). The van der Waals surface area contributed by atoms with Crippen molar-refractivity contribution in [3.63, 3.8) is 0 Å². The zero-order chi connectivity index (χ0) is 27.9. The number of quaternary nitrogens is 1. The lowest BCUT2D eigenvalue weighted by Crippen LogP contribution is -2.50. The molecule has 0 aromatic carbocycles. The summed E-state index contributed by atoms with van der Waals surface area (Å²) in [7, 11) is 5.43. The van der Waals surface area contributed by atoms with Crippen LogP contribution in [0.4, 0.5) is 0 Å². The van der Waals surface area contributed by atoms with Crippen molar-refractivity contribution in [2.24, 2.45) is 0 Å². The van der Waals surface area contributed by atoms with Gasteiger partial charge in [0.15, 0.2) is 12.1 Å². The number of carboxylic acids is 1. The number of carbonyl (C=O) groups is 3. The Morgan fingerprint density at radius 3 is 1.89 bits per heavy atom. The third-order valence-corrected chi connectivity index (χ3v) is 5.31. The molecule has 0 aliphatic carbocycles. The van der Waals surface area contributed by atoms with Crippen LogP contribution in [0.2, 0.25) is 0 Å². The summed E-state index contributed by atoms with van der Waals surface area (Å²) in [5.74, 6) is -1.69. The van der Waals surface area contributed by atoms with E-state index in [4.69, 9.17) is 14.2 Å². The van der Waals surface area contributed by atoms with Gasteiger partial charge in [-0.25, -0.2) is 4.79 Å². The number of aliphatic carboxylic acids is 1. The van der Waals surface area contributed by atoms with Crippen molar-refractivity contribution in [2.75, 3.05) is 41.0 Å². The van der Waals surface area contributed by atoms with Gasteiger partial charge in [-0.3, -0.25) is 9.59 Å². The number of ether oxygens (including phenoxy) is 3. The average molecular weight is 523 g/mol. The number of carboxylic acid groups (broad SMARTS) is 1. The van der Waals surface area contributed by atoms with E-state index in [1.54, 1.807) is 6.92 Å². The predicted molar refractivity (Wildman–Crippen MR) is 146 cm³/mol. The molecular weight excluding hydrogens is 474 g/mol. The maximum Gasteiger partial charge on any atom is 0.362 e. The Morgan fingerprint density at radius 2 is 1.38 bits per heavy atom. The molecule has 0 spiro atoms. The molecule has 0 aromatic heterocycles. The SMILES string of the molecule is CC/C=C\C/C=C\C/C=C\C/C=C\CCC(=O)OC(COCCC(C(=O)O)[N+](C)(C)C)COC(=O)CC. The molecular formula is C29H48NO7+. The number of nitrogens with zero attached hydrogens (tertiary/aromatic N) is 1. The van der Waals surface area contributed by atoms with E-state index in [9.17, 15) is 19.5 Å². The third-order valence-electron chi connectivity index (χ3n) is 5.31. The molecule has 0 radical (unpaired) electrons. The second-order valence-corrected chi connectivity index (χ2v) is 9.52. The van der Waals surface area contributed by atoms with Crippen LogP contribution in [0.3, 0.4) is 0 Å². The fourth-order valence-electron chi connectivity index (χ4n) is 3.20. The van der Waals surface area contributed by atoms with E-state index >= 15 is 0 Å². The molecule has 8 nitrogen and oxygen atoms in total. The number of esters is 2. The van der Waals surface area contributed by atoms with Crippen LogP contribution in [0, 0.1) is 0 Å². The first-order chi connectivity index (χ1) is 17.6. The molecule has 37 heavy (non-hydrogen) atoms. The summed E-state index contributed by atoms with van der Waals surface area (Å²) >= 11 is 0. The van der Waals surface area contributed by atoms with Gasteiger partial charge in [0.05, 0.1) is 34.4 Å². The molecule has 0 bridgehead atoms. The average Bonchev–Trinajstić information content (AvgIpc) is 2.83. The second kappa shape index (κ2) is 21.4. The Morgan fingerprint density at radius 1 is 0.811 bits per heavy atom. The Labute approximate surface area is 223 Å². The topological polar surface area (TPSA) is 99.1 Å². The monoisotopic (exact) mass is 522 g/mol. The quantitative estimate of drug-likeness (QED) is 0.0980. The van der Waals surface area contributed by atoms with Gasteiger partial charge in [-0.1, -0.05) is 62.5 Å². The minimum absolute atomic E-state index is 0.0240.